The average molecular weight is 455 g/mol. The fourth-order valence-corrected chi connectivity index (χ4v) is 6.14. The van der Waals surface area contributed by atoms with Gasteiger partial charge in [-0.25, -0.2) is 4.79 Å². The molecule has 2 unspecified atom stereocenters. The van der Waals surface area contributed by atoms with Gasteiger partial charge in [0.05, 0.1) is 25.3 Å². The molecule has 1 aromatic heterocycles. The number of hydrogen-bond donors (Lipinski definition) is 0. The zero-order valence-electron chi connectivity index (χ0n) is 17.9. The summed E-state index contributed by atoms with van der Waals surface area (Å²) < 4.78 is 11.7. The van der Waals surface area contributed by atoms with Gasteiger partial charge in [0, 0.05) is 10.8 Å². The highest BCUT2D eigenvalue weighted by atomic mass is 32.1. The van der Waals surface area contributed by atoms with Crippen LogP contribution < -0.4 is 0 Å². The molecule has 2 aliphatic heterocycles. The minimum absolute atomic E-state index is 0.0452. The smallest absolute Gasteiger partial charge is 0.410 e. The molecule has 1 amide bonds. The van der Waals surface area contributed by atoms with E-state index in [0.717, 1.165) is 4.88 Å². The first-order chi connectivity index (χ1) is 16.2. The molecule has 0 N–H and O–H groups in total. The topological polar surface area (TPSA) is 62.6 Å². The van der Waals surface area contributed by atoms with E-state index in [1.807, 2.05) is 29.2 Å². The average Bonchev–Trinajstić information content (AvgIpc) is 3.45. The summed E-state index contributed by atoms with van der Waals surface area (Å²) in [5, 5.41) is 9.15. The lowest BCUT2D eigenvalue weighted by atomic mass is 9.93. The van der Waals surface area contributed by atoms with Crippen molar-refractivity contribution in [1.82, 2.24) is 4.90 Å². The molecule has 1 saturated heterocycles. The zero-order valence-corrected chi connectivity index (χ0v) is 18.8. The quantitative estimate of drug-likeness (QED) is 0.530. The summed E-state index contributed by atoms with van der Waals surface area (Å²) in [7, 11) is 0. The SMILES string of the molecule is N#Cc1ccc(C2=CC3COCC(C2)N3C(=O)OCC2c3ccccc3-c3ccccc32)s1. The summed E-state index contributed by atoms with van der Waals surface area (Å²) in [6.45, 7) is 1.27. The highest BCUT2D eigenvalue weighted by molar-refractivity contribution is 7.13. The first kappa shape index (κ1) is 20.2. The molecule has 0 spiro atoms. The van der Waals surface area contributed by atoms with Crippen molar-refractivity contribution in [3.63, 3.8) is 0 Å². The second-order valence-corrected chi connectivity index (χ2v) is 9.73. The Labute approximate surface area is 196 Å². The van der Waals surface area contributed by atoms with Crippen molar-refractivity contribution >= 4 is 23.0 Å². The molecular formula is C27H22N2O3S. The zero-order chi connectivity index (χ0) is 22.4. The van der Waals surface area contributed by atoms with Crippen LogP contribution in [0.1, 0.15) is 33.2 Å². The number of benzene rings is 2. The highest BCUT2D eigenvalue weighted by Crippen LogP contribution is 2.44. The van der Waals surface area contributed by atoms with Gasteiger partial charge in [0.2, 0.25) is 0 Å². The number of nitrogens with zero attached hydrogens (tertiary/aromatic N) is 2. The normalized spacial score (nSPS) is 21.1. The highest BCUT2D eigenvalue weighted by Gasteiger charge is 2.40. The Kier molecular flexibility index (Phi) is 5.01. The fourth-order valence-electron chi connectivity index (χ4n) is 5.30. The van der Waals surface area contributed by atoms with Gasteiger partial charge >= 0.3 is 6.09 Å². The molecule has 2 atom stereocenters. The number of morpholine rings is 1. The van der Waals surface area contributed by atoms with E-state index in [4.69, 9.17) is 14.7 Å². The Bertz CT molecular complexity index is 1260. The van der Waals surface area contributed by atoms with E-state index in [2.05, 4.69) is 48.5 Å². The van der Waals surface area contributed by atoms with E-state index in [1.54, 1.807) is 0 Å². The number of carbonyl (C=O) groups is 1. The van der Waals surface area contributed by atoms with Crippen LogP contribution in [0.3, 0.4) is 0 Å². The molecular weight excluding hydrogens is 432 g/mol. The number of hydrogen-bond acceptors (Lipinski definition) is 5. The lowest BCUT2D eigenvalue weighted by Crippen LogP contribution is -2.56. The molecule has 33 heavy (non-hydrogen) atoms. The predicted molar refractivity (Wildman–Crippen MR) is 127 cm³/mol. The second-order valence-electron chi connectivity index (χ2n) is 8.64. The Balaban J connectivity index is 1.22. The molecule has 2 bridgehead atoms. The second kappa shape index (κ2) is 8.18. The Morgan fingerprint density at radius 3 is 2.45 bits per heavy atom. The fraction of sp³-hybridized carbons (Fsp3) is 0.259. The first-order valence-corrected chi connectivity index (χ1v) is 12.0. The summed E-state index contributed by atoms with van der Waals surface area (Å²) in [5.74, 6) is 0.0452. The van der Waals surface area contributed by atoms with Crippen LogP contribution in [0.15, 0.2) is 66.7 Å². The third-order valence-corrected chi connectivity index (χ3v) is 7.84. The molecule has 164 valence electrons. The molecule has 1 aliphatic carbocycles. The van der Waals surface area contributed by atoms with Gasteiger partial charge in [0.1, 0.15) is 17.6 Å². The van der Waals surface area contributed by atoms with Crippen LogP contribution in [0.2, 0.25) is 0 Å². The number of carbonyl (C=O) groups excluding carboxylic acids is 1. The minimum atomic E-state index is -0.283. The van der Waals surface area contributed by atoms with Crippen molar-refractivity contribution in [2.24, 2.45) is 0 Å². The number of rotatable bonds is 3. The molecule has 3 aromatic rings. The van der Waals surface area contributed by atoms with Crippen LogP contribution in [0, 0.1) is 11.3 Å². The van der Waals surface area contributed by atoms with Gasteiger partial charge in [-0.05, 0) is 46.4 Å². The maximum Gasteiger partial charge on any atom is 0.410 e. The summed E-state index contributed by atoms with van der Waals surface area (Å²) in [6.07, 6.45) is 2.52. The Morgan fingerprint density at radius 1 is 1.06 bits per heavy atom. The molecule has 1 fully saturated rings. The number of amides is 1. The maximum atomic E-state index is 13.3. The van der Waals surface area contributed by atoms with Crippen LogP contribution in [-0.2, 0) is 9.47 Å². The van der Waals surface area contributed by atoms with Crippen LogP contribution in [0.25, 0.3) is 16.7 Å². The van der Waals surface area contributed by atoms with E-state index in [9.17, 15) is 4.79 Å². The summed E-state index contributed by atoms with van der Waals surface area (Å²) in [6, 6.07) is 22.5. The van der Waals surface area contributed by atoms with Gasteiger partial charge < -0.3 is 9.47 Å². The van der Waals surface area contributed by atoms with Gasteiger partial charge in [0.25, 0.3) is 0 Å². The van der Waals surface area contributed by atoms with Crippen LogP contribution in [-0.4, -0.2) is 42.9 Å². The Hall–Kier alpha value is -3.40. The maximum absolute atomic E-state index is 13.3. The van der Waals surface area contributed by atoms with Gasteiger partial charge in [0.15, 0.2) is 0 Å². The molecule has 2 aromatic carbocycles. The van der Waals surface area contributed by atoms with Crippen molar-refractivity contribution in [2.75, 3.05) is 19.8 Å². The van der Waals surface area contributed by atoms with Gasteiger partial charge in [-0.1, -0.05) is 54.6 Å². The molecule has 6 heteroatoms. The predicted octanol–water partition coefficient (Wildman–Crippen LogP) is 5.43. The first-order valence-electron chi connectivity index (χ1n) is 11.1. The number of nitriles is 1. The van der Waals surface area contributed by atoms with E-state index < -0.39 is 0 Å². The molecule has 3 heterocycles. The van der Waals surface area contributed by atoms with Crippen LogP contribution >= 0.6 is 11.3 Å². The van der Waals surface area contributed by atoms with Crippen LogP contribution in [0.5, 0.6) is 0 Å². The van der Waals surface area contributed by atoms with Crippen molar-refractivity contribution in [2.45, 2.75) is 24.4 Å². The molecule has 5 nitrogen and oxygen atoms in total. The largest absolute Gasteiger partial charge is 0.448 e. The summed E-state index contributed by atoms with van der Waals surface area (Å²) in [5.41, 5.74) is 6.04. The standard InChI is InChI=1S/C27H22N2O3S/c28-13-20-9-10-26(33-20)17-11-18-14-31-15-19(12-17)29(18)27(30)32-16-25-23-7-3-1-5-21(23)22-6-2-4-8-24(22)25/h1-11,18-19,25H,12,14-16H2. The van der Waals surface area contributed by atoms with Gasteiger partial charge in [-0.3, -0.25) is 4.90 Å². The third kappa shape index (κ3) is 3.45. The van der Waals surface area contributed by atoms with E-state index >= 15 is 0 Å². The monoisotopic (exact) mass is 454 g/mol. The number of ether oxygens (including phenoxy) is 2. The van der Waals surface area contributed by atoms with Crippen molar-refractivity contribution in [3.05, 3.63) is 87.6 Å². The van der Waals surface area contributed by atoms with E-state index in [-0.39, 0.29) is 24.1 Å². The lowest BCUT2D eigenvalue weighted by Gasteiger charge is -2.43. The number of thiophene rings is 1. The van der Waals surface area contributed by atoms with E-state index in [0.29, 0.717) is 31.1 Å². The third-order valence-electron chi connectivity index (χ3n) is 6.78. The molecule has 0 saturated carbocycles. The molecule has 6 rings (SSSR count). The van der Waals surface area contributed by atoms with E-state index in [1.165, 1.54) is 39.2 Å². The van der Waals surface area contributed by atoms with Crippen molar-refractivity contribution in [1.29, 1.82) is 5.26 Å². The minimum Gasteiger partial charge on any atom is -0.448 e. The van der Waals surface area contributed by atoms with Gasteiger partial charge in [-0.2, -0.15) is 5.26 Å². The Morgan fingerprint density at radius 2 is 1.79 bits per heavy atom. The van der Waals surface area contributed by atoms with Crippen molar-refractivity contribution < 1.29 is 14.3 Å². The van der Waals surface area contributed by atoms with Gasteiger partial charge in [-0.15, -0.1) is 11.3 Å². The van der Waals surface area contributed by atoms with Crippen molar-refractivity contribution in [3.8, 4) is 17.2 Å². The summed E-state index contributed by atoms with van der Waals surface area (Å²) >= 11 is 1.50. The number of fused-ring (bicyclic) bond motifs is 5. The summed E-state index contributed by atoms with van der Waals surface area (Å²) in [4.78, 5) is 16.9. The van der Waals surface area contributed by atoms with Crippen LogP contribution in [0.4, 0.5) is 4.79 Å². The lowest BCUT2D eigenvalue weighted by molar-refractivity contribution is -0.0331. The molecule has 0 radical (unpaired) electrons. The molecule has 3 aliphatic rings.